The van der Waals surface area contributed by atoms with Crippen LogP contribution in [-0.4, -0.2) is 37.6 Å². The van der Waals surface area contributed by atoms with Gasteiger partial charge in [-0.1, -0.05) is 35.6 Å². The molecule has 0 fully saturated rings. The molecule has 0 bridgehead atoms. The maximum atomic E-state index is 13.2. The van der Waals surface area contributed by atoms with Crippen LogP contribution in [0.5, 0.6) is 11.5 Å². The fraction of sp³-hybridized carbons (Fsp3) is 0.0714. The number of para-hydroxylation sites is 1. The number of ether oxygens (including phenoxy) is 2. The lowest BCUT2D eigenvalue weighted by atomic mass is 10.1. The van der Waals surface area contributed by atoms with Crippen molar-refractivity contribution in [1.82, 2.24) is 24.4 Å². The largest absolute Gasteiger partial charge is 0.486 e. The lowest BCUT2D eigenvalue weighted by Gasteiger charge is -2.18. The lowest BCUT2D eigenvalue weighted by molar-refractivity contribution is 0.171. The molecule has 5 heterocycles. The molecule has 186 valence electrons. The summed E-state index contributed by atoms with van der Waals surface area (Å²) >= 11 is 2.93. The molecule has 0 amide bonds. The van der Waals surface area contributed by atoms with Gasteiger partial charge in [0.25, 0.3) is 5.56 Å². The van der Waals surface area contributed by atoms with E-state index in [1.54, 1.807) is 11.3 Å². The van der Waals surface area contributed by atoms with Crippen LogP contribution < -0.4 is 19.6 Å². The number of aromatic nitrogens is 5. The van der Waals surface area contributed by atoms with Crippen LogP contribution in [-0.2, 0) is 0 Å². The average Bonchev–Trinajstić information content (AvgIpc) is 3.75. The fourth-order valence-corrected chi connectivity index (χ4v) is 5.75. The predicted molar refractivity (Wildman–Crippen MR) is 149 cm³/mol. The van der Waals surface area contributed by atoms with Gasteiger partial charge in [-0.05, 0) is 60.0 Å². The van der Waals surface area contributed by atoms with Crippen LogP contribution >= 0.6 is 22.7 Å². The van der Waals surface area contributed by atoms with Crippen molar-refractivity contribution >= 4 is 45.9 Å². The Balaban J connectivity index is 1.32. The minimum absolute atomic E-state index is 0.214. The molecule has 1 aliphatic rings. The first-order valence-corrected chi connectivity index (χ1v) is 13.6. The molecule has 4 aromatic heterocycles. The summed E-state index contributed by atoms with van der Waals surface area (Å²) in [6.07, 6.45) is 7.53. The van der Waals surface area contributed by atoms with E-state index < -0.39 is 0 Å². The van der Waals surface area contributed by atoms with Crippen molar-refractivity contribution in [3.8, 4) is 28.4 Å². The Kier molecular flexibility index (Phi) is 5.60. The number of benzene rings is 2. The maximum Gasteiger partial charge on any atom is 0.291 e. The minimum atomic E-state index is -0.214. The third-order valence-corrected chi connectivity index (χ3v) is 7.80. The monoisotopic (exact) mass is 537 g/mol. The molecule has 0 aliphatic carbocycles. The van der Waals surface area contributed by atoms with Gasteiger partial charge in [0.15, 0.2) is 17.3 Å². The van der Waals surface area contributed by atoms with Crippen LogP contribution in [0.3, 0.4) is 0 Å². The number of rotatable bonds is 5. The number of hydrogen-bond acceptors (Lipinski definition) is 8. The van der Waals surface area contributed by atoms with Gasteiger partial charge in [-0.25, -0.2) is 4.68 Å². The molecule has 7 rings (SSSR count). The first kappa shape index (κ1) is 22.6. The minimum Gasteiger partial charge on any atom is -0.486 e. The summed E-state index contributed by atoms with van der Waals surface area (Å²) in [5.41, 5.74) is 3.09. The standard InChI is InChI=1S/C28H19N5O3S2/c34-27-24(38-28-29-25(30-33(27)28)11-9-21-7-4-14-37-21)16-19-17-32(20-5-2-1-3-6-20)31-26(19)18-8-10-22-23(15-18)36-13-12-35-22/h1-11,14-17H,12-13H2/b11-9+,24-16-. The molecule has 0 radical (unpaired) electrons. The molecule has 0 saturated carbocycles. The van der Waals surface area contributed by atoms with Gasteiger partial charge in [-0.3, -0.25) is 4.79 Å². The molecule has 0 saturated heterocycles. The van der Waals surface area contributed by atoms with Gasteiger partial charge < -0.3 is 9.47 Å². The number of nitrogens with zero attached hydrogens (tertiary/aromatic N) is 5. The van der Waals surface area contributed by atoms with Crippen LogP contribution in [0.2, 0.25) is 0 Å². The van der Waals surface area contributed by atoms with Crippen LogP contribution in [0.4, 0.5) is 0 Å². The molecule has 1 aliphatic heterocycles. The second-order valence-electron chi connectivity index (χ2n) is 8.50. The zero-order valence-corrected chi connectivity index (χ0v) is 21.5. The highest BCUT2D eigenvalue weighted by atomic mass is 32.1. The number of hydrogen-bond donors (Lipinski definition) is 0. The predicted octanol–water partition coefficient (Wildman–Crippen LogP) is 4.55. The zero-order valence-electron chi connectivity index (χ0n) is 19.9. The molecule has 8 nitrogen and oxygen atoms in total. The van der Waals surface area contributed by atoms with Gasteiger partial charge in [0, 0.05) is 22.2 Å². The molecular weight excluding hydrogens is 518 g/mol. The van der Waals surface area contributed by atoms with E-state index in [0.717, 1.165) is 27.4 Å². The van der Waals surface area contributed by atoms with E-state index in [1.807, 2.05) is 95.2 Å². The summed E-state index contributed by atoms with van der Waals surface area (Å²) in [4.78, 5) is 19.4. The molecule has 10 heteroatoms. The highest BCUT2D eigenvalue weighted by Crippen LogP contribution is 2.35. The number of fused-ring (bicyclic) bond motifs is 2. The van der Waals surface area contributed by atoms with Crippen molar-refractivity contribution in [2.45, 2.75) is 0 Å². The van der Waals surface area contributed by atoms with E-state index in [2.05, 4.69) is 10.1 Å². The van der Waals surface area contributed by atoms with Crippen molar-refractivity contribution in [3.05, 3.63) is 103 Å². The van der Waals surface area contributed by atoms with E-state index in [1.165, 1.54) is 15.9 Å². The Labute approximate surface area is 224 Å². The summed E-state index contributed by atoms with van der Waals surface area (Å²) in [6, 6.07) is 19.6. The highest BCUT2D eigenvalue weighted by molar-refractivity contribution is 7.15. The highest BCUT2D eigenvalue weighted by Gasteiger charge is 2.17. The molecule has 0 spiro atoms. The van der Waals surface area contributed by atoms with Gasteiger partial charge in [0.2, 0.25) is 4.96 Å². The van der Waals surface area contributed by atoms with E-state index >= 15 is 0 Å². The third-order valence-electron chi connectivity index (χ3n) is 6.00. The van der Waals surface area contributed by atoms with E-state index in [-0.39, 0.29) is 5.56 Å². The van der Waals surface area contributed by atoms with Crippen LogP contribution in [0, 0.1) is 0 Å². The molecular formula is C28H19N5O3S2. The summed E-state index contributed by atoms with van der Waals surface area (Å²) in [5, 5.41) is 11.3. The van der Waals surface area contributed by atoms with Crippen molar-refractivity contribution < 1.29 is 9.47 Å². The lowest BCUT2D eigenvalue weighted by Crippen LogP contribution is -2.23. The molecule has 0 unspecified atom stereocenters. The fourth-order valence-electron chi connectivity index (χ4n) is 4.22. The molecule has 2 aromatic carbocycles. The second kappa shape index (κ2) is 9.40. The topological polar surface area (TPSA) is 83.5 Å². The SMILES string of the molecule is O=c1/c(=C/c2cn(-c3ccccc3)nc2-c2ccc3c(c2)OCCO3)sc2nc(/C=C/c3cccs3)nn12. The smallest absolute Gasteiger partial charge is 0.291 e. The zero-order chi connectivity index (χ0) is 25.5. The van der Waals surface area contributed by atoms with Crippen molar-refractivity contribution in [2.24, 2.45) is 0 Å². The van der Waals surface area contributed by atoms with Crippen LogP contribution in [0.25, 0.3) is 40.1 Å². The van der Waals surface area contributed by atoms with Gasteiger partial charge in [-0.2, -0.15) is 14.6 Å². The maximum absolute atomic E-state index is 13.2. The number of thiophene rings is 1. The Hall–Kier alpha value is -4.54. The van der Waals surface area contributed by atoms with Gasteiger partial charge in [0.1, 0.15) is 18.9 Å². The number of thiazole rings is 1. The van der Waals surface area contributed by atoms with Crippen LogP contribution in [0.1, 0.15) is 16.3 Å². The summed E-state index contributed by atoms with van der Waals surface area (Å²) in [6.45, 7) is 1.03. The Morgan fingerprint density at radius 2 is 1.79 bits per heavy atom. The van der Waals surface area contributed by atoms with E-state index in [0.29, 0.717) is 40.0 Å². The van der Waals surface area contributed by atoms with E-state index in [4.69, 9.17) is 14.6 Å². The summed E-state index contributed by atoms with van der Waals surface area (Å²) < 4.78 is 15.2. The quantitative estimate of drug-likeness (QED) is 0.321. The molecule has 6 aromatic rings. The average molecular weight is 538 g/mol. The summed E-state index contributed by atoms with van der Waals surface area (Å²) in [5.74, 6) is 1.90. The summed E-state index contributed by atoms with van der Waals surface area (Å²) in [7, 11) is 0. The van der Waals surface area contributed by atoms with Crippen molar-refractivity contribution in [2.75, 3.05) is 13.2 Å². The van der Waals surface area contributed by atoms with Crippen LogP contribution in [0.15, 0.2) is 77.0 Å². The second-order valence-corrected chi connectivity index (χ2v) is 10.5. The Morgan fingerprint density at radius 3 is 2.61 bits per heavy atom. The molecule has 38 heavy (non-hydrogen) atoms. The van der Waals surface area contributed by atoms with E-state index in [9.17, 15) is 4.79 Å². The Morgan fingerprint density at radius 1 is 0.921 bits per heavy atom. The van der Waals surface area contributed by atoms with Crippen molar-refractivity contribution in [1.29, 1.82) is 0 Å². The van der Waals surface area contributed by atoms with Gasteiger partial charge in [0.05, 0.1) is 10.2 Å². The normalized spacial score (nSPS) is 13.6. The first-order chi connectivity index (χ1) is 18.7. The van der Waals surface area contributed by atoms with Gasteiger partial charge >= 0.3 is 0 Å². The first-order valence-electron chi connectivity index (χ1n) is 11.9. The third kappa shape index (κ3) is 4.19. The van der Waals surface area contributed by atoms with Crippen molar-refractivity contribution in [3.63, 3.8) is 0 Å². The molecule has 0 N–H and O–H groups in total. The van der Waals surface area contributed by atoms with Gasteiger partial charge in [-0.15, -0.1) is 16.4 Å². The molecule has 0 atom stereocenters. The Bertz CT molecular complexity index is 1900.